The highest BCUT2D eigenvalue weighted by Crippen LogP contribution is 2.33. The Balaban J connectivity index is 1.20. The summed E-state index contributed by atoms with van der Waals surface area (Å²) in [5.74, 6) is 0.605. The fourth-order valence-corrected chi connectivity index (χ4v) is 5.35. The fraction of sp³-hybridized carbons (Fsp3) is 0.375. The second-order valence-corrected chi connectivity index (χ2v) is 10.3. The van der Waals surface area contributed by atoms with Gasteiger partial charge in [0, 0.05) is 37.2 Å². The molecule has 0 amide bonds. The third-order valence-electron chi connectivity index (χ3n) is 6.22. The zero-order chi connectivity index (χ0) is 25.3. The molecule has 36 heavy (non-hydrogen) atoms. The average Bonchev–Trinajstić information content (AvgIpc) is 3.30. The molecule has 0 saturated carbocycles. The van der Waals surface area contributed by atoms with E-state index in [1.165, 1.54) is 11.3 Å². The summed E-state index contributed by atoms with van der Waals surface area (Å²) in [6.45, 7) is 3.33. The third-order valence-corrected chi connectivity index (χ3v) is 7.73. The van der Waals surface area contributed by atoms with E-state index in [1.807, 2.05) is 48.5 Å². The van der Waals surface area contributed by atoms with Crippen molar-refractivity contribution in [3.8, 4) is 16.5 Å². The number of halogens is 3. The molecule has 5 heterocycles. The molecule has 1 aliphatic rings. The van der Waals surface area contributed by atoms with Crippen LogP contribution in [0.2, 0.25) is 0 Å². The zero-order valence-electron chi connectivity index (χ0n) is 19.6. The largest absolute Gasteiger partial charge is 0.467 e. The molecule has 0 aliphatic carbocycles. The van der Waals surface area contributed by atoms with Crippen molar-refractivity contribution in [2.24, 2.45) is 5.92 Å². The monoisotopic (exact) mass is 532 g/mol. The number of ether oxygens (including phenoxy) is 1. The first-order chi connectivity index (χ1) is 17.3. The lowest BCUT2D eigenvalue weighted by Gasteiger charge is -2.34. The molecule has 5 rings (SSSR count). The Kier molecular flexibility index (Phi) is 6.98. The lowest BCUT2D eigenvalue weighted by atomic mass is 9.92. The molecule has 0 aromatic carbocycles. The Morgan fingerprint density at radius 1 is 1.03 bits per heavy atom. The molecule has 12 heteroatoms. The van der Waals surface area contributed by atoms with Gasteiger partial charge in [0.1, 0.15) is 16.5 Å². The lowest BCUT2D eigenvalue weighted by molar-refractivity contribution is -0.138. The van der Waals surface area contributed by atoms with Gasteiger partial charge in [-0.1, -0.05) is 11.3 Å². The van der Waals surface area contributed by atoms with E-state index in [-0.39, 0.29) is 12.0 Å². The van der Waals surface area contributed by atoms with Crippen LogP contribution in [0.4, 0.5) is 19.1 Å². The fourth-order valence-electron chi connectivity index (χ4n) is 4.12. The minimum Gasteiger partial charge on any atom is -0.467 e. The van der Waals surface area contributed by atoms with E-state index in [4.69, 9.17) is 9.72 Å². The topological polar surface area (TPSA) is 76.9 Å². The van der Waals surface area contributed by atoms with Gasteiger partial charge in [-0.25, -0.2) is 24.9 Å². The van der Waals surface area contributed by atoms with E-state index < -0.39 is 11.7 Å². The summed E-state index contributed by atoms with van der Waals surface area (Å²) in [4.78, 5) is 24.3. The number of hydrogen-bond acceptors (Lipinski definition) is 9. The average molecular weight is 533 g/mol. The quantitative estimate of drug-likeness (QED) is 0.281. The van der Waals surface area contributed by atoms with Crippen LogP contribution in [-0.2, 0) is 6.18 Å². The van der Waals surface area contributed by atoms with Crippen molar-refractivity contribution in [3.05, 3.63) is 48.4 Å². The number of thiazole rings is 1. The van der Waals surface area contributed by atoms with Crippen LogP contribution in [0.1, 0.15) is 25.3 Å². The number of nitrogens with zero attached hydrogens (tertiary/aromatic N) is 6. The van der Waals surface area contributed by atoms with Crippen LogP contribution in [0.5, 0.6) is 5.19 Å². The Morgan fingerprint density at radius 3 is 2.42 bits per heavy atom. The SMILES string of the molecule is CSc1ccc(-c2ccc3nc(O[C@@H](C)C4CCN(c5ncc(C(F)(F)F)cn5)CC4)sc3n2)cn1. The van der Waals surface area contributed by atoms with E-state index >= 15 is 0 Å². The molecule has 4 aromatic heterocycles. The van der Waals surface area contributed by atoms with Gasteiger partial charge in [0.05, 0.1) is 16.3 Å². The van der Waals surface area contributed by atoms with Crippen LogP contribution in [-0.4, -0.2) is 50.4 Å². The van der Waals surface area contributed by atoms with Gasteiger partial charge in [-0.05, 0) is 56.2 Å². The predicted molar refractivity (Wildman–Crippen MR) is 134 cm³/mol. The minimum atomic E-state index is -4.44. The molecular weight excluding hydrogens is 509 g/mol. The van der Waals surface area contributed by atoms with Crippen LogP contribution >= 0.6 is 23.1 Å². The normalized spacial score (nSPS) is 15.9. The van der Waals surface area contributed by atoms with E-state index in [9.17, 15) is 13.2 Å². The van der Waals surface area contributed by atoms with Crippen LogP contribution in [0, 0.1) is 5.92 Å². The van der Waals surface area contributed by atoms with Crippen molar-refractivity contribution in [2.75, 3.05) is 24.2 Å². The van der Waals surface area contributed by atoms with Crippen LogP contribution < -0.4 is 9.64 Å². The molecule has 1 aliphatic heterocycles. The molecule has 1 saturated heterocycles. The van der Waals surface area contributed by atoms with Gasteiger partial charge < -0.3 is 9.64 Å². The van der Waals surface area contributed by atoms with E-state index in [0.29, 0.717) is 24.2 Å². The maximum Gasteiger partial charge on any atom is 0.419 e. The molecule has 0 radical (unpaired) electrons. The number of thioether (sulfide) groups is 1. The summed E-state index contributed by atoms with van der Waals surface area (Å²) < 4.78 is 44.4. The van der Waals surface area contributed by atoms with Crippen molar-refractivity contribution in [1.82, 2.24) is 24.9 Å². The number of rotatable bonds is 6. The van der Waals surface area contributed by atoms with Gasteiger partial charge in [-0.3, -0.25) is 0 Å². The highest BCUT2D eigenvalue weighted by molar-refractivity contribution is 7.98. The Labute approximate surface area is 214 Å². The standard InChI is InChI=1S/C24H23F3N6OS2/c1-14(15-7-9-33(10-8-15)22-29-12-17(13-30-22)24(25,26)27)34-23-32-19-5-4-18(31-21(19)36-23)16-3-6-20(35-2)28-11-16/h3-6,11-15H,7-10H2,1-2H3/t14-/m0/s1. The number of aromatic nitrogens is 5. The second-order valence-electron chi connectivity index (χ2n) is 8.51. The van der Waals surface area contributed by atoms with Crippen molar-refractivity contribution in [2.45, 2.75) is 37.1 Å². The Bertz CT molecular complexity index is 1320. The maximum absolute atomic E-state index is 12.8. The first-order valence-electron chi connectivity index (χ1n) is 11.4. The van der Waals surface area contributed by atoms with Crippen LogP contribution in [0.3, 0.4) is 0 Å². The molecule has 0 unspecified atom stereocenters. The number of pyridine rings is 2. The van der Waals surface area contributed by atoms with Crippen LogP contribution in [0.15, 0.2) is 47.9 Å². The smallest absolute Gasteiger partial charge is 0.419 e. The third kappa shape index (κ3) is 5.39. The van der Waals surface area contributed by atoms with Crippen molar-refractivity contribution >= 4 is 39.4 Å². The number of fused-ring (bicyclic) bond motifs is 1. The lowest BCUT2D eigenvalue weighted by Crippen LogP contribution is -2.39. The molecule has 1 fully saturated rings. The van der Waals surface area contributed by atoms with Gasteiger partial charge in [0.25, 0.3) is 5.19 Å². The van der Waals surface area contributed by atoms with Gasteiger partial charge >= 0.3 is 6.18 Å². The Hall–Kier alpha value is -2.99. The van der Waals surface area contributed by atoms with Gasteiger partial charge in [-0.15, -0.1) is 11.8 Å². The number of anilines is 1. The molecular formula is C24H23F3N6OS2. The Morgan fingerprint density at radius 2 is 1.78 bits per heavy atom. The summed E-state index contributed by atoms with van der Waals surface area (Å²) in [6, 6.07) is 7.86. The molecule has 0 N–H and O–H groups in total. The molecule has 4 aromatic rings. The zero-order valence-corrected chi connectivity index (χ0v) is 21.2. The number of hydrogen-bond donors (Lipinski definition) is 0. The van der Waals surface area contributed by atoms with Gasteiger partial charge in [-0.2, -0.15) is 13.2 Å². The molecule has 188 valence electrons. The van der Waals surface area contributed by atoms with Crippen molar-refractivity contribution in [3.63, 3.8) is 0 Å². The maximum atomic E-state index is 12.8. The minimum absolute atomic E-state index is 0.0657. The molecule has 1 atom stereocenters. The van der Waals surface area contributed by atoms with Crippen LogP contribution in [0.25, 0.3) is 21.6 Å². The van der Waals surface area contributed by atoms with Crippen molar-refractivity contribution in [1.29, 1.82) is 0 Å². The number of piperidine rings is 1. The van der Waals surface area contributed by atoms with E-state index in [2.05, 4.69) is 19.9 Å². The summed E-state index contributed by atoms with van der Waals surface area (Å²) in [5, 5.41) is 1.53. The highest BCUT2D eigenvalue weighted by atomic mass is 32.2. The van der Waals surface area contributed by atoms with Crippen molar-refractivity contribution < 1.29 is 17.9 Å². The summed E-state index contributed by atoms with van der Waals surface area (Å²) in [7, 11) is 0. The first-order valence-corrected chi connectivity index (χ1v) is 13.4. The predicted octanol–water partition coefficient (Wildman–Crippen LogP) is 5.97. The highest BCUT2D eigenvalue weighted by Gasteiger charge is 2.32. The summed E-state index contributed by atoms with van der Waals surface area (Å²) in [6.07, 6.45) is 2.61. The van der Waals surface area contributed by atoms with E-state index in [0.717, 1.165) is 51.9 Å². The second kappa shape index (κ2) is 10.2. The molecule has 0 spiro atoms. The van der Waals surface area contributed by atoms with Gasteiger partial charge in [0.15, 0.2) is 0 Å². The summed E-state index contributed by atoms with van der Waals surface area (Å²) >= 11 is 3.01. The molecule has 7 nitrogen and oxygen atoms in total. The molecule has 0 bridgehead atoms. The number of alkyl halides is 3. The van der Waals surface area contributed by atoms with Gasteiger partial charge in [0.2, 0.25) is 5.95 Å². The van der Waals surface area contributed by atoms with E-state index in [1.54, 1.807) is 11.8 Å². The summed E-state index contributed by atoms with van der Waals surface area (Å²) in [5.41, 5.74) is 1.73. The first kappa shape index (κ1) is 24.7.